The second kappa shape index (κ2) is 3.89. The SMILES string of the molecule is CCC1O[C@@](CO)(OC)[C@H](O)[C@@H]1O. The first-order chi connectivity index (χ1) is 6.11. The molecule has 4 atom stereocenters. The molecule has 13 heavy (non-hydrogen) atoms. The fraction of sp³-hybridized carbons (Fsp3) is 1.00. The van der Waals surface area contributed by atoms with Gasteiger partial charge in [0.15, 0.2) is 0 Å². The highest BCUT2D eigenvalue weighted by Crippen LogP contribution is 2.32. The van der Waals surface area contributed by atoms with Crippen LogP contribution in [0.2, 0.25) is 0 Å². The summed E-state index contributed by atoms with van der Waals surface area (Å²) in [5.41, 5.74) is 0. The van der Waals surface area contributed by atoms with Crippen molar-refractivity contribution in [2.45, 2.75) is 37.4 Å². The van der Waals surface area contributed by atoms with Crippen LogP contribution < -0.4 is 0 Å². The molecule has 0 aromatic heterocycles. The molecule has 0 amide bonds. The minimum atomic E-state index is -1.46. The lowest BCUT2D eigenvalue weighted by molar-refractivity contribution is -0.261. The highest BCUT2D eigenvalue weighted by atomic mass is 16.7. The van der Waals surface area contributed by atoms with Gasteiger partial charge in [-0.05, 0) is 6.42 Å². The van der Waals surface area contributed by atoms with E-state index in [9.17, 15) is 10.2 Å². The Hall–Kier alpha value is -0.200. The van der Waals surface area contributed by atoms with Crippen LogP contribution in [0.1, 0.15) is 13.3 Å². The van der Waals surface area contributed by atoms with E-state index in [1.165, 1.54) is 7.11 Å². The minimum absolute atomic E-state index is 0.474. The lowest BCUT2D eigenvalue weighted by Crippen LogP contribution is -2.47. The maximum atomic E-state index is 9.55. The molecule has 0 spiro atoms. The molecule has 0 bridgehead atoms. The van der Waals surface area contributed by atoms with Gasteiger partial charge in [-0.1, -0.05) is 6.92 Å². The van der Waals surface area contributed by atoms with E-state index in [1.807, 2.05) is 6.92 Å². The van der Waals surface area contributed by atoms with Crippen LogP contribution in [0.15, 0.2) is 0 Å². The number of methoxy groups -OCH3 is 1. The first-order valence-electron chi connectivity index (χ1n) is 4.31. The molecule has 0 radical (unpaired) electrons. The minimum Gasteiger partial charge on any atom is -0.391 e. The average molecular weight is 192 g/mol. The third-order valence-electron chi connectivity index (χ3n) is 2.47. The third kappa shape index (κ3) is 1.58. The molecule has 1 unspecified atom stereocenters. The molecule has 1 aliphatic heterocycles. The van der Waals surface area contributed by atoms with Crippen molar-refractivity contribution >= 4 is 0 Å². The predicted octanol–water partition coefficient (Wildman–Crippen LogP) is -1.15. The molecule has 0 aliphatic carbocycles. The first kappa shape index (κ1) is 10.9. The van der Waals surface area contributed by atoms with Crippen LogP contribution in [0.3, 0.4) is 0 Å². The first-order valence-corrected chi connectivity index (χ1v) is 4.31. The maximum absolute atomic E-state index is 9.55. The van der Waals surface area contributed by atoms with Crippen LogP contribution in [0, 0.1) is 0 Å². The fourth-order valence-corrected chi connectivity index (χ4v) is 1.55. The Kier molecular flexibility index (Phi) is 3.26. The molecule has 5 heteroatoms. The van der Waals surface area contributed by atoms with Crippen molar-refractivity contribution in [1.82, 2.24) is 0 Å². The second-order valence-electron chi connectivity index (χ2n) is 3.17. The smallest absolute Gasteiger partial charge is 0.221 e. The zero-order chi connectivity index (χ0) is 10.1. The van der Waals surface area contributed by atoms with Gasteiger partial charge < -0.3 is 24.8 Å². The summed E-state index contributed by atoms with van der Waals surface area (Å²) >= 11 is 0. The standard InChI is InChI=1S/C8H16O5/c1-3-5-6(10)7(11)8(4-9,12-2)13-5/h5-7,9-11H,3-4H2,1-2H3/t5?,6-,7-,8-/m1/s1. The average Bonchev–Trinajstić information content (AvgIpc) is 2.42. The summed E-state index contributed by atoms with van der Waals surface area (Å²) in [7, 11) is 1.32. The van der Waals surface area contributed by atoms with Gasteiger partial charge in [0, 0.05) is 7.11 Å². The largest absolute Gasteiger partial charge is 0.391 e. The lowest BCUT2D eigenvalue weighted by atomic mass is 10.0. The molecule has 0 saturated carbocycles. The molecule has 1 heterocycles. The molecule has 1 saturated heterocycles. The van der Waals surface area contributed by atoms with Crippen LogP contribution in [0.4, 0.5) is 0 Å². The van der Waals surface area contributed by atoms with Gasteiger partial charge in [-0.15, -0.1) is 0 Å². The molecule has 5 nitrogen and oxygen atoms in total. The molecule has 78 valence electrons. The Morgan fingerprint density at radius 3 is 2.31 bits per heavy atom. The Bertz CT molecular complexity index is 168. The van der Waals surface area contributed by atoms with Crippen LogP contribution in [0.25, 0.3) is 0 Å². The Morgan fingerprint density at radius 1 is 1.46 bits per heavy atom. The van der Waals surface area contributed by atoms with Crippen molar-refractivity contribution in [2.75, 3.05) is 13.7 Å². The van der Waals surface area contributed by atoms with E-state index in [1.54, 1.807) is 0 Å². The zero-order valence-corrected chi connectivity index (χ0v) is 7.80. The summed E-state index contributed by atoms with van der Waals surface area (Å²) in [6, 6.07) is 0. The van der Waals surface area contributed by atoms with Crippen molar-refractivity contribution in [3.8, 4) is 0 Å². The highest BCUT2D eigenvalue weighted by molar-refractivity contribution is 4.95. The molecule has 1 fully saturated rings. The van der Waals surface area contributed by atoms with Crippen molar-refractivity contribution in [3.05, 3.63) is 0 Å². The van der Waals surface area contributed by atoms with Gasteiger partial charge >= 0.3 is 0 Å². The maximum Gasteiger partial charge on any atom is 0.221 e. The van der Waals surface area contributed by atoms with Crippen molar-refractivity contribution in [3.63, 3.8) is 0 Å². The van der Waals surface area contributed by atoms with E-state index < -0.39 is 30.7 Å². The Labute approximate surface area is 76.9 Å². The number of aliphatic hydroxyl groups excluding tert-OH is 3. The molecule has 0 aromatic carbocycles. The van der Waals surface area contributed by atoms with Crippen molar-refractivity contribution < 1.29 is 24.8 Å². The molecule has 0 aromatic rings. The summed E-state index contributed by atoms with van der Waals surface area (Å²) in [6.45, 7) is 1.35. The van der Waals surface area contributed by atoms with Crippen LogP contribution in [0.5, 0.6) is 0 Å². The van der Waals surface area contributed by atoms with Crippen molar-refractivity contribution in [1.29, 1.82) is 0 Å². The van der Waals surface area contributed by atoms with Gasteiger partial charge in [0.05, 0.1) is 6.10 Å². The quantitative estimate of drug-likeness (QED) is 0.526. The van der Waals surface area contributed by atoms with Gasteiger partial charge in [-0.3, -0.25) is 0 Å². The number of hydrogen-bond donors (Lipinski definition) is 3. The van der Waals surface area contributed by atoms with Crippen LogP contribution in [-0.4, -0.2) is 53.1 Å². The summed E-state index contributed by atoms with van der Waals surface area (Å²) in [5.74, 6) is -1.46. The number of aliphatic hydroxyl groups is 3. The van der Waals surface area contributed by atoms with E-state index in [0.29, 0.717) is 6.42 Å². The Morgan fingerprint density at radius 2 is 2.08 bits per heavy atom. The summed E-state index contributed by atoms with van der Waals surface area (Å²) in [5, 5.41) is 28.0. The van der Waals surface area contributed by atoms with Crippen LogP contribution in [-0.2, 0) is 9.47 Å². The zero-order valence-electron chi connectivity index (χ0n) is 7.80. The van der Waals surface area contributed by atoms with Gasteiger partial charge in [-0.2, -0.15) is 0 Å². The molecule has 3 N–H and O–H groups in total. The van der Waals surface area contributed by atoms with Gasteiger partial charge in [-0.25, -0.2) is 0 Å². The van der Waals surface area contributed by atoms with Crippen LogP contribution >= 0.6 is 0 Å². The number of ether oxygens (including phenoxy) is 2. The number of hydrogen-bond acceptors (Lipinski definition) is 5. The van der Waals surface area contributed by atoms with E-state index >= 15 is 0 Å². The third-order valence-corrected chi connectivity index (χ3v) is 2.47. The molecule has 1 rings (SSSR count). The summed E-state index contributed by atoms with van der Waals surface area (Å²) in [6.07, 6.45) is -2.13. The predicted molar refractivity (Wildman–Crippen MR) is 44.0 cm³/mol. The van der Waals surface area contributed by atoms with E-state index in [-0.39, 0.29) is 0 Å². The number of rotatable bonds is 3. The van der Waals surface area contributed by atoms with E-state index in [4.69, 9.17) is 14.6 Å². The normalized spacial score (nSPS) is 45.5. The Balaban J connectivity index is 2.79. The summed E-state index contributed by atoms with van der Waals surface area (Å²) in [4.78, 5) is 0. The second-order valence-corrected chi connectivity index (χ2v) is 3.17. The van der Waals surface area contributed by atoms with Crippen molar-refractivity contribution in [2.24, 2.45) is 0 Å². The monoisotopic (exact) mass is 192 g/mol. The lowest BCUT2D eigenvalue weighted by Gasteiger charge is -2.27. The van der Waals surface area contributed by atoms with Gasteiger partial charge in [0.1, 0.15) is 18.8 Å². The molecule has 1 aliphatic rings. The fourth-order valence-electron chi connectivity index (χ4n) is 1.55. The van der Waals surface area contributed by atoms with Gasteiger partial charge in [0.2, 0.25) is 5.79 Å². The molecular weight excluding hydrogens is 176 g/mol. The van der Waals surface area contributed by atoms with Gasteiger partial charge in [0.25, 0.3) is 0 Å². The van der Waals surface area contributed by atoms with E-state index in [0.717, 1.165) is 0 Å². The molecular formula is C8H16O5. The summed E-state index contributed by atoms with van der Waals surface area (Å²) < 4.78 is 10.1. The van der Waals surface area contributed by atoms with E-state index in [2.05, 4.69) is 0 Å². The highest BCUT2D eigenvalue weighted by Gasteiger charge is 2.53. The topological polar surface area (TPSA) is 79.2 Å².